The number of hydrogen-bond acceptors (Lipinski definition) is 1. The molecule has 0 nitrogen and oxygen atoms in total. The maximum atomic E-state index is 2.32. The van der Waals surface area contributed by atoms with E-state index >= 15 is 0 Å². The van der Waals surface area contributed by atoms with E-state index in [0.29, 0.717) is 0 Å². The molecule has 50 valence electrons. The van der Waals surface area contributed by atoms with Gasteiger partial charge in [-0.1, -0.05) is 29.3 Å². The third kappa shape index (κ3) is 2.08. The summed E-state index contributed by atoms with van der Waals surface area (Å²) in [5, 5.41) is 0. The quantitative estimate of drug-likeness (QED) is 0.529. The molecule has 1 aliphatic rings. The molecule has 0 saturated carbocycles. The highest BCUT2D eigenvalue weighted by atomic mass is 32.7. The predicted octanol–water partition coefficient (Wildman–Crippen LogP) is 2.75. The van der Waals surface area contributed by atoms with Gasteiger partial charge in [0.05, 0.1) is 0 Å². The average Bonchev–Trinajstić information content (AvgIpc) is 1.90. The van der Waals surface area contributed by atoms with Gasteiger partial charge in [-0.3, -0.25) is 0 Å². The lowest BCUT2D eigenvalue weighted by Gasteiger charge is -2.01. The predicted molar refractivity (Wildman–Crippen MR) is 50.8 cm³/mol. The minimum atomic E-state index is -0.285. The standard InChI is InChI=1S/C7H11PS/c1-7-3-5-8(9-2)6-4-7/h3-6,8H,1-2H3. The molecule has 1 unspecified atom stereocenters. The lowest BCUT2D eigenvalue weighted by molar-refractivity contribution is 1.55. The molecule has 9 heavy (non-hydrogen) atoms. The SMILES string of the molecule is CS[PH]1=CC=C(C)C=C1. The Morgan fingerprint density at radius 2 is 2.33 bits per heavy atom. The average molecular weight is 158 g/mol. The first-order valence-corrected chi connectivity index (χ1v) is 6.54. The first-order chi connectivity index (χ1) is 4.33. The molecule has 0 aliphatic carbocycles. The smallest absolute Gasteiger partial charge is 0.0142 e. The molecule has 0 bridgehead atoms. The molecule has 0 radical (unpaired) electrons. The summed E-state index contributed by atoms with van der Waals surface area (Å²) in [6.07, 6.45) is 6.60. The van der Waals surface area contributed by atoms with Gasteiger partial charge in [0.25, 0.3) is 0 Å². The van der Waals surface area contributed by atoms with Gasteiger partial charge in [-0.05, 0) is 19.9 Å². The molecule has 0 spiro atoms. The van der Waals surface area contributed by atoms with E-state index in [9.17, 15) is 0 Å². The lowest BCUT2D eigenvalue weighted by Crippen LogP contribution is -1.73. The molecule has 0 aromatic heterocycles. The molecule has 0 saturated heterocycles. The van der Waals surface area contributed by atoms with Crippen molar-refractivity contribution in [2.24, 2.45) is 0 Å². The summed E-state index contributed by atoms with van der Waals surface area (Å²) in [6.45, 7) is 1.85. The van der Waals surface area contributed by atoms with Crippen molar-refractivity contribution in [1.29, 1.82) is 0 Å². The number of allylic oxidation sites excluding steroid dienone is 3. The largest absolute Gasteiger partial charge is 0.138 e. The minimum Gasteiger partial charge on any atom is -0.138 e. The van der Waals surface area contributed by atoms with Crippen LogP contribution in [0.25, 0.3) is 0 Å². The minimum absolute atomic E-state index is 0.285. The van der Waals surface area contributed by atoms with Crippen molar-refractivity contribution in [3.8, 4) is 0 Å². The van der Waals surface area contributed by atoms with E-state index < -0.39 is 0 Å². The highest BCUT2D eigenvalue weighted by molar-refractivity contribution is 8.55. The van der Waals surface area contributed by atoms with Gasteiger partial charge in [0.1, 0.15) is 0 Å². The molecule has 0 aromatic carbocycles. The fraction of sp³-hybridized carbons (Fsp3) is 0.286. The zero-order chi connectivity index (χ0) is 6.69. The van der Waals surface area contributed by atoms with Gasteiger partial charge in [-0.25, -0.2) is 0 Å². The zero-order valence-corrected chi connectivity index (χ0v) is 7.53. The number of hydrogen-bond donors (Lipinski definition) is 0. The topological polar surface area (TPSA) is 0 Å². The van der Waals surface area contributed by atoms with Crippen LogP contribution in [0.1, 0.15) is 6.92 Å². The Balaban J connectivity index is 2.75. The Labute approximate surface area is 61.2 Å². The van der Waals surface area contributed by atoms with Crippen LogP contribution in [0.15, 0.2) is 23.5 Å². The maximum absolute atomic E-state index is 2.32. The van der Waals surface area contributed by atoms with Gasteiger partial charge < -0.3 is 0 Å². The zero-order valence-electron chi connectivity index (χ0n) is 5.72. The van der Waals surface area contributed by atoms with Gasteiger partial charge >= 0.3 is 0 Å². The first-order valence-electron chi connectivity index (χ1n) is 2.93. The highest BCUT2D eigenvalue weighted by Gasteiger charge is 1.89. The van der Waals surface area contributed by atoms with Gasteiger partial charge in [-0.15, -0.1) is 11.4 Å². The van der Waals surface area contributed by atoms with E-state index in [1.54, 1.807) is 0 Å². The van der Waals surface area contributed by atoms with E-state index in [2.05, 4.69) is 36.9 Å². The second-order valence-electron chi connectivity index (χ2n) is 2.02. The Morgan fingerprint density at radius 1 is 1.56 bits per heavy atom. The lowest BCUT2D eigenvalue weighted by atomic mass is 10.3. The first kappa shape index (κ1) is 7.24. The Hall–Kier alpha value is 0.130. The van der Waals surface area contributed by atoms with Gasteiger partial charge in [0, 0.05) is 0 Å². The van der Waals surface area contributed by atoms with Gasteiger partial charge in [0.15, 0.2) is 0 Å². The highest BCUT2D eigenvalue weighted by Crippen LogP contribution is 2.39. The van der Waals surface area contributed by atoms with Crippen LogP contribution < -0.4 is 0 Å². The summed E-state index contributed by atoms with van der Waals surface area (Å²) in [5.41, 5.74) is 1.37. The van der Waals surface area contributed by atoms with E-state index in [1.807, 2.05) is 11.4 Å². The van der Waals surface area contributed by atoms with Crippen molar-refractivity contribution in [2.45, 2.75) is 6.92 Å². The molecule has 1 atom stereocenters. The maximum Gasteiger partial charge on any atom is -0.0142 e. The van der Waals surface area contributed by atoms with E-state index in [0.717, 1.165) is 0 Å². The van der Waals surface area contributed by atoms with Crippen LogP contribution in [-0.4, -0.2) is 12.1 Å². The Kier molecular flexibility index (Phi) is 2.68. The molecule has 1 heterocycles. The summed E-state index contributed by atoms with van der Waals surface area (Å²) < 4.78 is 0. The third-order valence-electron chi connectivity index (χ3n) is 1.26. The fourth-order valence-electron chi connectivity index (χ4n) is 0.674. The summed E-state index contributed by atoms with van der Waals surface area (Å²) in [7, 11) is 0. The molecule has 0 aromatic rings. The van der Waals surface area contributed by atoms with Crippen LogP contribution in [-0.2, 0) is 0 Å². The van der Waals surface area contributed by atoms with E-state index in [4.69, 9.17) is 0 Å². The molecular weight excluding hydrogens is 147 g/mol. The van der Waals surface area contributed by atoms with Crippen LogP contribution in [0.4, 0.5) is 0 Å². The van der Waals surface area contributed by atoms with E-state index in [-0.39, 0.29) is 6.75 Å². The summed E-state index contributed by atoms with van der Waals surface area (Å²) >= 11 is 1.96. The Morgan fingerprint density at radius 3 is 2.78 bits per heavy atom. The normalized spacial score (nSPS) is 25.1. The number of rotatable bonds is 1. The van der Waals surface area contributed by atoms with Crippen LogP contribution in [0.3, 0.4) is 0 Å². The molecular formula is C7H11PS. The molecule has 2 heteroatoms. The molecule has 1 rings (SSSR count). The summed E-state index contributed by atoms with van der Waals surface area (Å²) in [6, 6.07) is 0. The molecule has 0 N–H and O–H groups in total. The van der Waals surface area contributed by atoms with Crippen LogP contribution in [0, 0.1) is 0 Å². The second kappa shape index (κ2) is 3.34. The summed E-state index contributed by atoms with van der Waals surface area (Å²) in [5.74, 6) is 4.65. The van der Waals surface area contributed by atoms with Crippen molar-refractivity contribution < 1.29 is 0 Å². The van der Waals surface area contributed by atoms with Gasteiger partial charge in [-0.2, -0.15) is 0 Å². The summed E-state index contributed by atoms with van der Waals surface area (Å²) in [4.78, 5) is 0. The molecule has 0 amide bonds. The van der Waals surface area contributed by atoms with Crippen LogP contribution >= 0.6 is 18.1 Å². The van der Waals surface area contributed by atoms with Crippen molar-refractivity contribution in [3.05, 3.63) is 23.5 Å². The van der Waals surface area contributed by atoms with E-state index in [1.165, 1.54) is 5.57 Å². The van der Waals surface area contributed by atoms with Gasteiger partial charge in [0.2, 0.25) is 0 Å². The second-order valence-corrected chi connectivity index (χ2v) is 6.54. The third-order valence-corrected chi connectivity index (χ3v) is 4.95. The molecule has 0 fully saturated rings. The van der Waals surface area contributed by atoms with Crippen LogP contribution in [0.2, 0.25) is 0 Å². The fourth-order valence-corrected chi connectivity index (χ4v) is 3.14. The monoisotopic (exact) mass is 158 g/mol. The molecule has 1 aliphatic heterocycles. The van der Waals surface area contributed by atoms with Crippen molar-refractivity contribution in [1.82, 2.24) is 0 Å². The van der Waals surface area contributed by atoms with Crippen molar-refractivity contribution >= 4 is 23.9 Å². The van der Waals surface area contributed by atoms with Crippen molar-refractivity contribution in [3.63, 3.8) is 0 Å². The Bertz CT molecular complexity index is 189. The van der Waals surface area contributed by atoms with Crippen LogP contribution in [0.5, 0.6) is 0 Å². The van der Waals surface area contributed by atoms with Crippen molar-refractivity contribution in [2.75, 3.05) is 6.26 Å².